The zero-order valence-corrected chi connectivity index (χ0v) is 14.3. The van der Waals surface area contributed by atoms with Crippen LogP contribution in [0.2, 0.25) is 0 Å². The summed E-state index contributed by atoms with van der Waals surface area (Å²) >= 11 is 0. The van der Waals surface area contributed by atoms with Crippen molar-refractivity contribution in [1.29, 1.82) is 0 Å². The summed E-state index contributed by atoms with van der Waals surface area (Å²) in [7, 11) is 0. The number of esters is 1. The number of hydrogen-bond acceptors (Lipinski definition) is 4. The first-order valence-corrected chi connectivity index (χ1v) is 8.65. The van der Waals surface area contributed by atoms with Gasteiger partial charge in [0, 0.05) is 6.42 Å². The zero-order chi connectivity index (χ0) is 17.8. The van der Waals surface area contributed by atoms with Crippen LogP contribution in [0.25, 0.3) is 0 Å². The molecule has 26 heavy (non-hydrogen) atoms. The highest BCUT2D eigenvalue weighted by Crippen LogP contribution is 2.43. The Hall–Kier alpha value is -3.27. The van der Waals surface area contributed by atoms with Gasteiger partial charge in [-0.05, 0) is 35.7 Å². The largest absolute Gasteiger partial charge is 0.461 e. The molecular weight excluding hydrogens is 326 g/mol. The van der Waals surface area contributed by atoms with Crippen LogP contribution >= 0.6 is 0 Å². The van der Waals surface area contributed by atoms with Crippen LogP contribution in [-0.4, -0.2) is 5.97 Å². The maximum absolute atomic E-state index is 12.1. The summed E-state index contributed by atoms with van der Waals surface area (Å²) in [5, 5.41) is 3.41. The number of para-hydroxylation sites is 3. The molecule has 4 heteroatoms. The molecule has 0 radical (unpaired) electrons. The van der Waals surface area contributed by atoms with E-state index >= 15 is 0 Å². The van der Waals surface area contributed by atoms with E-state index in [0.29, 0.717) is 19.4 Å². The summed E-state index contributed by atoms with van der Waals surface area (Å²) in [4.78, 5) is 12.1. The third-order valence-electron chi connectivity index (χ3n) is 4.32. The lowest BCUT2D eigenvalue weighted by molar-refractivity contribution is -0.144. The number of carbonyl (C=O) groups is 1. The number of hydrogen-bond donors (Lipinski definition) is 1. The van der Waals surface area contributed by atoms with Gasteiger partial charge in [0.15, 0.2) is 11.5 Å². The molecular formula is C22H19NO3. The van der Waals surface area contributed by atoms with Crippen LogP contribution in [0.4, 0.5) is 11.4 Å². The lowest BCUT2D eigenvalue weighted by atomic mass is 10.1. The molecule has 1 heterocycles. The lowest BCUT2D eigenvalue weighted by Crippen LogP contribution is -2.09. The van der Waals surface area contributed by atoms with E-state index in [1.54, 1.807) is 0 Å². The Labute approximate surface area is 152 Å². The van der Waals surface area contributed by atoms with E-state index in [0.717, 1.165) is 34.0 Å². The molecule has 1 aliphatic rings. The van der Waals surface area contributed by atoms with Crippen molar-refractivity contribution < 1.29 is 14.3 Å². The summed E-state index contributed by atoms with van der Waals surface area (Å²) in [5.74, 6) is 1.38. The molecule has 0 saturated carbocycles. The summed E-state index contributed by atoms with van der Waals surface area (Å²) in [6.45, 7) is 0.307. The van der Waals surface area contributed by atoms with Crippen molar-refractivity contribution in [2.75, 3.05) is 5.32 Å². The molecule has 4 rings (SSSR count). The van der Waals surface area contributed by atoms with Gasteiger partial charge in [0.05, 0.1) is 11.4 Å². The van der Waals surface area contributed by atoms with Crippen LogP contribution < -0.4 is 10.1 Å². The monoisotopic (exact) mass is 345 g/mol. The van der Waals surface area contributed by atoms with Crippen LogP contribution in [-0.2, 0) is 22.6 Å². The standard InChI is InChI=1S/C22H19NO3/c24-21(25-15-16-7-2-1-3-8-16)14-13-17-9-6-12-20-22(17)23-18-10-4-5-11-19(18)26-20/h1-12,23H,13-15H2. The lowest BCUT2D eigenvalue weighted by Gasteiger charge is -2.23. The van der Waals surface area contributed by atoms with E-state index in [1.165, 1.54) is 0 Å². The fraction of sp³-hybridized carbons (Fsp3) is 0.136. The van der Waals surface area contributed by atoms with Crippen molar-refractivity contribution in [2.45, 2.75) is 19.4 Å². The van der Waals surface area contributed by atoms with Gasteiger partial charge in [0.1, 0.15) is 6.61 Å². The summed E-state index contributed by atoms with van der Waals surface area (Å²) in [6.07, 6.45) is 0.919. The average Bonchev–Trinajstić information content (AvgIpc) is 2.70. The predicted octanol–water partition coefficient (Wildman–Crippen LogP) is 5.21. The third-order valence-corrected chi connectivity index (χ3v) is 4.32. The summed E-state index contributed by atoms with van der Waals surface area (Å²) in [5.41, 5.74) is 3.87. The Kier molecular flexibility index (Phi) is 4.56. The first kappa shape index (κ1) is 16.2. The molecule has 1 N–H and O–H groups in total. The quantitative estimate of drug-likeness (QED) is 0.504. The SMILES string of the molecule is O=C(CCc1cccc2c1Nc1ccccc1O2)OCc1ccccc1. The van der Waals surface area contributed by atoms with Gasteiger partial charge in [-0.25, -0.2) is 0 Å². The van der Waals surface area contributed by atoms with Crippen LogP contribution in [0.1, 0.15) is 17.5 Å². The smallest absolute Gasteiger partial charge is 0.306 e. The van der Waals surface area contributed by atoms with Crippen LogP contribution in [0, 0.1) is 0 Å². The Morgan fingerprint density at radius 2 is 1.65 bits per heavy atom. The van der Waals surface area contributed by atoms with E-state index < -0.39 is 0 Å². The molecule has 0 bridgehead atoms. The van der Waals surface area contributed by atoms with E-state index in [1.807, 2.05) is 72.8 Å². The molecule has 1 aliphatic heterocycles. The molecule has 4 nitrogen and oxygen atoms in total. The van der Waals surface area contributed by atoms with Gasteiger partial charge in [-0.3, -0.25) is 4.79 Å². The summed E-state index contributed by atoms with van der Waals surface area (Å²) in [6, 6.07) is 23.4. The van der Waals surface area contributed by atoms with Crippen LogP contribution in [0.3, 0.4) is 0 Å². The highest BCUT2D eigenvalue weighted by Gasteiger charge is 2.19. The molecule has 3 aromatic carbocycles. The van der Waals surface area contributed by atoms with Crippen molar-refractivity contribution in [2.24, 2.45) is 0 Å². The second-order valence-electron chi connectivity index (χ2n) is 6.16. The van der Waals surface area contributed by atoms with Gasteiger partial charge in [-0.15, -0.1) is 0 Å². The van der Waals surface area contributed by atoms with Gasteiger partial charge in [-0.2, -0.15) is 0 Å². The third kappa shape index (κ3) is 3.54. The highest BCUT2D eigenvalue weighted by molar-refractivity contribution is 5.78. The Bertz CT molecular complexity index is 922. The minimum Gasteiger partial charge on any atom is -0.461 e. The molecule has 0 amide bonds. The van der Waals surface area contributed by atoms with Gasteiger partial charge >= 0.3 is 5.97 Å². The molecule has 0 aromatic heterocycles. The number of aryl methyl sites for hydroxylation is 1. The van der Waals surface area contributed by atoms with Crippen LogP contribution in [0.5, 0.6) is 11.5 Å². The number of rotatable bonds is 5. The fourth-order valence-corrected chi connectivity index (χ4v) is 2.97. The normalized spacial score (nSPS) is 11.5. The number of fused-ring (bicyclic) bond motifs is 2. The molecule has 0 spiro atoms. The molecule has 130 valence electrons. The number of benzene rings is 3. The van der Waals surface area contributed by atoms with Gasteiger partial charge in [0.25, 0.3) is 0 Å². The van der Waals surface area contributed by atoms with Crippen molar-refractivity contribution >= 4 is 17.3 Å². The van der Waals surface area contributed by atoms with Gasteiger partial charge in [0.2, 0.25) is 0 Å². The number of anilines is 2. The minimum absolute atomic E-state index is 0.205. The Morgan fingerprint density at radius 3 is 2.54 bits per heavy atom. The van der Waals surface area contributed by atoms with E-state index in [-0.39, 0.29) is 5.97 Å². The molecule has 0 saturated heterocycles. The van der Waals surface area contributed by atoms with E-state index in [2.05, 4.69) is 5.32 Å². The average molecular weight is 345 g/mol. The number of carbonyl (C=O) groups excluding carboxylic acids is 1. The molecule has 0 fully saturated rings. The van der Waals surface area contributed by atoms with Crippen molar-refractivity contribution in [3.8, 4) is 11.5 Å². The first-order chi connectivity index (χ1) is 12.8. The minimum atomic E-state index is -0.205. The number of nitrogens with one attached hydrogen (secondary N) is 1. The zero-order valence-electron chi connectivity index (χ0n) is 14.3. The van der Waals surface area contributed by atoms with E-state index in [4.69, 9.17) is 9.47 Å². The summed E-state index contributed by atoms with van der Waals surface area (Å²) < 4.78 is 11.3. The molecule has 0 aliphatic carbocycles. The molecule has 0 atom stereocenters. The highest BCUT2D eigenvalue weighted by atomic mass is 16.5. The maximum atomic E-state index is 12.1. The maximum Gasteiger partial charge on any atom is 0.306 e. The predicted molar refractivity (Wildman–Crippen MR) is 101 cm³/mol. The van der Waals surface area contributed by atoms with Gasteiger partial charge in [-0.1, -0.05) is 54.6 Å². The Morgan fingerprint density at radius 1 is 0.885 bits per heavy atom. The van der Waals surface area contributed by atoms with Crippen LogP contribution in [0.15, 0.2) is 72.8 Å². The van der Waals surface area contributed by atoms with Gasteiger partial charge < -0.3 is 14.8 Å². The van der Waals surface area contributed by atoms with E-state index in [9.17, 15) is 4.79 Å². The Balaban J connectivity index is 1.40. The second kappa shape index (κ2) is 7.31. The topological polar surface area (TPSA) is 47.6 Å². The molecule has 0 unspecified atom stereocenters. The first-order valence-electron chi connectivity index (χ1n) is 8.65. The van der Waals surface area contributed by atoms with Crippen molar-refractivity contribution in [1.82, 2.24) is 0 Å². The number of ether oxygens (including phenoxy) is 2. The van der Waals surface area contributed by atoms with Crippen molar-refractivity contribution in [3.63, 3.8) is 0 Å². The fourth-order valence-electron chi connectivity index (χ4n) is 2.97. The second-order valence-corrected chi connectivity index (χ2v) is 6.16. The molecule has 3 aromatic rings. The van der Waals surface area contributed by atoms with Crippen molar-refractivity contribution in [3.05, 3.63) is 83.9 Å².